The molecule has 0 bridgehead atoms. The smallest absolute Gasteiger partial charge is 0.134 e. The molecule has 0 aromatic heterocycles. The first-order valence-corrected chi connectivity index (χ1v) is 5.77. The fourth-order valence-corrected chi connectivity index (χ4v) is 1.71. The molecule has 1 rings (SSSR count). The van der Waals surface area contributed by atoms with E-state index in [0.717, 1.165) is 5.56 Å². The first-order valence-electron chi connectivity index (χ1n) is 4.98. The van der Waals surface area contributed by atoms with E-state index >= 15 is 0 Å². The summed E-state index contributed by atoms with van der Waals surface area (Å²) in [4.78, 5) is 0. The molecule has 0 aliphatic carbocycles. The Morgan fingerprint density at radius 2 is 2.19 bits per heavy atom. The average molecular weight is 290 g/mol. The van der Waals surface area contributed by atoms with E-state index in [4.69, 9.17) is 9.84 Å². The topological polar surface area (TPSA) is 61.7 Å². The predicted octanol–water partition coefficient (Wildman–Crippen LogP) is 1.63. The number of phenols is 1. The van der Waals surface area contributed by atoms with Crippen molar-refractivity contribution < 1.29 is 14.9 Å². The molecule has 16 heavy (non-hydrogen) atoms. The van der Waals surface area contributed by atoms with Crippen LogP contribution < -0.4 is 10.1 Å². The Hall–Kier alpha value is -0.780. The lowest BCUT2D eigenvalue weighted by Crippen LogP contribution is -2.28. The summed E-state index contributed by atoms with van der Waals surface area (Å²) in [5.74, 6) is 0.872. The van der Waals surface area contributed by atoms with Gasteiger partial charge in [-0.15, -0.1) is 0 Å². The average Bonchev–Trinajstić information content (AvgIpc) is 2.30. The van der Waals surface area contributed by atoms with Crippen molar-refractivity contribution in [1.29, 1.82) is 0 Å². The van der Waals surface area contributed by atoms with E-state index in [0.29, 0.717) is 16.8 Å². The van der Waals surface area contributed by atoms with Gasteiger partial charge in [-0.25, -0.2) is 0 Å². The van der Waals surface area contributed by atoms with Gasteiger partial charge < -0.3 is 20.3 Å². The third-order valence-electron chi connectivity index (χ3n) is 2.27. The number of nitrogens with one attached hydrogen (secondary N) is 1. The zero-order chi connectivity index (χ0) is 12.1. The second-order valence-corrected chi connectivity index (χ2v) is 4.44. The molecular weight excluding hydrogens is 274 g/mol. The van der Waals surface area contributed by atoms with Gasteiger partial charge in [0.1, 0.15) is 11.5 Å². The number of ether oxygens (including phenoxy) is 1. The number of aliphatic hydroxyl groups excluding tert-OH is 1. The second kappa shape index (κ2) is 6.08. The van der Waals surface area contributed by atoms with Gasteiger partial charge in [0, 0.05) is 18.2 Å². The molecule has 0 heterocycles. The van der Waals surface area contributed by atoms with Gasteiger partial charge in [0.05, 0.1) is 18.2 Å². The van der Waals surface area contributed by atoms with Crippen molar-refractivity contribution in [2.75, 3.05) is 13.7 Å². The molecule has 4 nitrogen and oxygen atoms in total. The molecule has 5 heteroatoms. The molecule has 0 fully saturated rings. The van der Waals surface area contributed by atoms with Crippen molar-refractivity contribution in [3.05, 3.63) is 22.2 Å². The largest absolute Gasteiger partial charge is 0.506 e. The second-order valence-electron chi connectivity index (χ2n) is 3.58. The minimum absolute atomic E-state index is 0.00984. The van der Waals surface area contributed by atoms with Gasteiger partial charge in [0.2, 0.25) is 0 Å². The van der Waals surface area contributed by atoms with Crippen LogP contribution in [0.2, 0.25) is 0 Å². The molecule has 0 aliphatic rings. The van der Waals surface area contributed by atoms with E-state index in [9.17, 15) is 5.11 Å². The number of halogens is 1. The molecule has 1 aromatic carbocycles. The highest BCUT2D eigenvalue weighted by molar-refractivity contribution is 9.10. The maximum atomic E-state index is 9.80. The Morgan fingerprint density at radius 1 is 1.50 bits per heavy atom. The molecule has 1 unspecified atom stereocenters. The molecule has 0 aliphatic heterocycles. The van der Waals surface area contributed by atoms with E-state index in [1.54, 1.807) is 19.2 Å². The standard InChI is InChI=1S/C11H16BrNO3/c1-7(6-14)13-5-8-3-9(16-2)4-10(12)11(8)15/h3-4,7,13-15H,5-6H2,1-2H3. The SMILES string of the molecule is COc1cc(Br)c(O)c(CNC(C)CO)c1. The van der Waals surface area contributed by atoms with Crippen molar-refractivity contribution in [3.8, 4) is 11.5 Å². The highest BCUT2D eigenvalue weighted by atomic mass is 79.9. The maximum absolute atomic E-state index is 9.80. The van der Waals surface area contributed by atoms with Crippen LogP contribution >= 0.6 is 15.9 Å². The highest BCUT2D eigenvalue weighted by Crippen LogP contribution is 2.32. The lowest BCUT2D eigenvalue weighted by atomic mass is 10.2. The zero-order valence-corrected chi connectivity index (χ0v) is 10.9. The fraction of sp³-hybridized carbons (Fsp3) is 0.455. The Bertz CT molecular complexity index is 357. The van der Waals surface area contributed by atoms with Crippen molar-refractivity contribution in [3.63, 3.8) is 0 Å². The van der Waals surface area contributed by atoms with Crippen LogP contribution in [0.5, 0.6) is 11.5 Å². The van der Waals surface area contributed by atoms with Gasteiger partial charge in [-0.1, -0.05) is 0 Å². The van der Waals surface area contributed by atoms with Crippen molar-refractivity contribution in [2.24, 2.45) is 0 Å². The first kappa shape index (κ1) is 13.3. The van der Waals surface area contributed by atoms with E-state index in [1.807, 2.05) is 6.92 Å². The number of methoxy groups -OCH3 is 1. The third kappa shape index (κ3) is 3.37. The van der Waals surface area contributed by atoms with Gasteiger partial charge in [-0.05, 0) is 35.0 Å². The van der Waals surface area contributed by atoms with Gasteiger partial charge in [0.15, 0.2) is 0 Å². The molecule has 0 radical (unpaired) electrons. The van der Waals surface area contributed by atoms with Crippen LogP contribution in [0.3, 0.4) is 0 Å². The summed E-state index contributed by atoms with van der Waals surface area (Å²) in [5.41, 5.74) is 0.728. The summed E-state index contributed by atoms with van der Waals surface area (Å²) in [5, 5.41) is 21.8. The lowest BCUT2D eigenvalue weighted by molar-refractivity contribution is 0.250. The molecule has 0 saturated carbocycles. The molecule has 0 amide bonds. The van der Waals surface area contributed by atoms with Crippen molar-refractivity contribution >= 4 is 15.9 Å². The number of benzene rings is 1. The number of hydrogen-bond acceptors (Lipinski definition) is 4. The number of aromatic hydroxyl groups is 1. The minimum atomic E-state index is -0.00984. The van der Waals surface area contributed by atoms with E-state index in [-0.39, 0.29) is 18.4 Å². The van der Waals surface area contributed by atoms with Crippen LogP contribution in [0.15, 0.2) is 16.6 Å². The number of hydrogen-bond donors (Lipinski definition) is 3. The molecule has 3 N–H and O–H groups in total. The summed E-state index contributed by atoms with van der Waals surface area (Å²) < 4.78 is 5.70. The van der Waals surface area contributed by atoms with Gasteiger partial charge in [0.25, 0.3) is 0 Å². The number of rotatable bonds is 5. The van der Waals surface area contributed by atoms with E-state index < -0.39 is 0 Å². The van der Waals surface area contributed by atoms with Crippen LogP contribution in [0.25, 0.3) is 0 Å². The van der Waals surface area contributed by atoms with E-state index in [2.05, 4.69) is 21.2 Å². The Labute approximate surface area is 103 Å². The molecule has 90 valence electrons. The summed E-state index contributed by atoms with van der Waals surface area (Å²) in [6.07, 6.45) is 0. The zero-order valence-electron chi connectivity index (χ0n) is 9.33. The predicted molar refractivity (Wildman–Crippen MR) is 65.7 cm³/mol. The summed E-state index contributed by atoms with van der Waals surface area (Å²) >= 11 is 3.25. The molecule has 1 aromatic rings. The Morgan fingerprint density at radius 3 is 2.75 bits per heavy atom. The van der Waals surface area contributed by atoms with Crippen molar-refractivity contribution in [2.45, 2.75) is 19.5 Å². The highest BCUT2D eigenvalue weighted by Gasteiger charge is 2.09. The molecule has 0 saturated heterocycles. The number of aliphatic hydroxyl groups is 1. The van der Waals surface area contributed by atoms with Crippen LogP contribution in [0.4, 0.5) is 0 Å². The van der Waals surface area contributed by atoms with Gasteiger partial charge >= 0.3 is 0 Å². The monoisotopic (exact) mass is 289 g/mol. The Kier molecular flexibility index (Phi) is 5.05. The summed E-state index contributed by atoms with van der Waals surface area (Å²) in [7, 11) is 1.58. The first-order chi connectivity index (χ1) is 7.58. The summed E-state index contributed by atoms with van der Waals surface area (Å²) in [6.45, 7) is 2.40. The lowest BCUT2D eigenvalue weighted by Gasteiger charge is -2.13. The Balaban J connectivity index is 2.82. The van der Waals surface area contributed by atoms with Crippen LogP contribution in [-0.2, 0) is 6.54 Å². The van der Waals surface area contributed by atoms with Crippen LogP contribution in [0, 0.1) is 0 Å². The van der Waals surface area contributed by atoms with Crippen LogP contribution in [0.1, 0.15) is 12.5 Å². The maximum Gasteiger partial charge on any atom is 0.134 e. The van der Waals surface area contributed by atoms with Gasteiger partial charge in [-0.3, -0.25) is 0 Å². The molecule has 0 spiro atoms. The third-order valence-corrected chi connectivity index (χ3v) is 2.87. The van der Waals surface area contributed by atoms with Crippen molar-refractivity contribution in [1.82, 2.24) is 5.32 Å². The quantitative estimate of drug-likeness (QED) is 0.771. The van der Waals surface area contributed by atoms with Gasteiger partial charge in [-0.2, -0.15) is 0 Å². The molecular formula is C11H16BrNO3. The van der Waals surface area contributed by atoms with Crippen LogP contribution in [-0.4, -0.2) is 30.0 Å². The minimum Gasteiger partial charge on any atom is -0.506 e. The fourth-order valence-electron chi connectivity index (χ4n) is 1.23. The van der Waals surface area contributed by atoms with E-state index in [1.165, 1.54) is 0 Å². The molecule has 1 atom stereocenters. The normalized spacial score (nSPS) is 12.5. The number of phenolic OH excluding ortho intramolecular Hbond substituents is 1. The summed E-state index contributed by atoms with van der Waals surface area (Å²) in [6, 6.07) is 3.45.